The molecule has 1 N–H and O–H groups in total. The second-order valence-corrected chi connectivity index (χ2v) is 5.24. The second-order valence-electron chi connectivity index (χ2n) is 4.44. The van der Waals surface area contributed by atoms with E-state index in [1.54, 1.807) is 6.07 Å². The summed E-state index contributed by atoms with van der Waals surface area (Å²) in [6.07, 6.45) is 0. The van der Waals surface area contributed by atoms with Crippen molar-refractivity contribution < 1.29 is 9.72 Å². The lowest BCUT2D eigenvalue weighted by atomic mass is 10.1. The number of nitro benzene ring substituents is 1. The molecule has 1 aromatic rings. The Bertz CT molecular complexity index is 521. The minimum absolute atomic E-state index is 0.00666. The maximum Gasteiger partial charge on any atom is 0.283 e. The van der Waals surface area contributed by atoms with Gasteiger partial charge in [-0.05, 0) is 28.4 Å². The molecule has 0 aliphatic carbocycles. The fourth-order valence-corrected chi connectivity index (χ4v) is 2.63. The van der Waals surface area contributed by atoms with Gasteiger partial charge in [0.15, 0.2) is 0 Å². The molecule has 0 saturated carbocycles. The van der Waals surface area contributed by atoms with Gasteiger partial charge in [-0.3, -0.25) is 19.8 Å². The Hall–Kier alpha value is -1.47. The number of benzene rings is 1. The van der Waals surface area contributed by atoms with Crippen LogP contribution in [-0.2, 0) is 11.3 Å². The molecule has 2 rings (SSSR count). The highest BCUT2D eigenvalue weighted by Crippen LogP contribution is 2.29. The minimum Gasteiger partial charge on any atom is -0.353 e. The van der Waals surface area contributed by atoms with Crippen molar-refractivity contribution in [2.24, 2.45) is 0 Å². The SMILES string of the molecule is CC1C(=O)NCCN1Cc1cccc([N+](=O)[O-])c1Br. The van der Waals surface area contributed by atoms with E-state index in [9.17, 15) is 14.9 Å². The summed E-state index contributed by atoms with van der Waals surface area (Å²) in [4.78, 5) is 24.0. The average molecular weight is 328 g/mol. The highest BCUT2D eigenvalue weighted by atomic mass is 79.9. The van der Waals surface area contributed by atoms with Crippen molar-refractivity contribution >= 4 is 27.5 Å². The predicted octanol–water partition coefficient (Wildman–Crippen LogP) is 1.68. The summed E-state index contributed by atoms with van der Waals surface area (Å²) in [5.74, 6) is -0.00666. The molecule has 1 saturated heterocycles. The molecular formula is C12H14BrN3O3. The third-order valence-corrected chi connectivity index (χ3v) is 4.17. The van der Waals surface area contributed by atoms with Gasteiger partial charge >= 0.3 is 0 Å². The highest BCUT2D eigenvalue weighted by Gasteiger charge is 2.26. The van der Waals surface area contributed by atoms with Crippen molar-refractivity contribution in [3.8, 4) is 0 Å². The molecule has 6 nitrogen and oxygen atoms in total. The number of hydrogen-bond donors (Lipinski definition) is 1. The summed E-state index contributed by atoms with van der Waals surface area (Å²) < 4.78 is 0.484. The highest BCUT2D eigenvalue weighted by molar-refractivity contribution is 9.10. The number of piperazine rings is 1. The first-order chi connectivity index (χ1) is 9.00. The van der Waals surface area contributed by atoms with E-state index in [-0.39, 0.29) is 17.6 Å². The molecule has 0 bridgehead atoms. The van der Waals surface area contributed by atoms with Crippen molar-refractivity contribution in [2.75, 3.05) is 13.1 Å². The van der Waals surface area contributed by atoms with Gasteiger partial charge in [0, 0.05) is 25.7 Å². The number of amides is 1. The number of nitrogens with one attached hydrogen (secondary N) is 1. The minimum atomic E-state index is -0.417. The Labute approximate surface area is 119 Å². The lowest BCUT2D eigenvalue weighted by Gasteiger charge is -2.32. The van der Waals surface area contributed by atoms with Gasteiger partial charge in [0.05, 0.1) is 15.4 Å². The van der Waals surface area contributed by atoms with Crippen LogP contribution in [0, 0.1) is 10.1 Å². The van der Waals surface area contributed by atoms with Crippen LogP contribution >= 0.6 is 15.9 Å². The van der Waals surface area contributed by atoms with Gasteiger partial charge in [-0.25, -0.2) is 0 Å². The van der Waals surface area contributed by atoms with E-state index in [4.69, 9.17) is 0 Å². The summed E-state index contributed by atoms with van der Waals surface area (Å²) in [6, 6.07) is 4.73. The van der Waals surface area contributed by atoms with Crippen LogP contribution in [0.25, 0.3) is 0 Å². The molecule has 1 unspecified atom stereocenters. The quantitative estimate of drug-likeness (QED) is 0.677. The Morgan fingerprint density at radius 3 is 3.00 bits per heavy atom. The molecule has 19 heavy (non-hydrogen) atoms. The first-order valence-electron chi connectivity index (χ1n) is 5.94. The molecule has 1 heterocycles. The largest absolute Gasteiger partial charge is 0.353 e. The number of rotatable bonds is 3. The molecule has 1 atom stereocenters. The maximum atomic E-state index is 11.6. The van der Waals surface area contributed by atoms with Gasteiger partial charge in [0.2, 0.25) is 5.91 Å². The Morgan fingerprint density at radius 2 is 2.32 bits per heavy atom. The third-order valence-electron chi connectivity index (χ3n) is 3.25. The second kappa shape index (κ2) is 5.66. The fraction of sp³-hybridized carbons (Fsp3) is 0.417. The van der Waals surface area contributed by atoms with E-state index in [0.717, 1.165) is 12.1 Å². The van der Waals surface area contributed by atoms with Crippen molar-refractivity contribution in [2.45, 2.75) is 19.5 Å². The summed E-state index contributed by atoms with van der Waals surface area (Å²) in [5, 5.41) is 13.7. The number of halogens is 1. The zero-order chi connectivity index (χ0) is 14.0. The lowest BCUT2D eigenvalue weighted by molar-refractivity contribution is -0.385. The van der Waals surface area contributed by atoms with Gasteiger partial charge in [-0.15, -0.1) is 0 Å². The molecule has 102 valence electrons. The molecule has 1 aliphatic rings. The molecule has 0 spiro atoms. The zero-order valence-corrected chi connectivity index (χ0v) is 12.0. The van der Waals surface area contributed by atoms with Crippen LogP contribution in [0.15, 0.2) is 22.7 Å². The standard InChI is InChI=1S/C12H14BrN3O3/c1-8-12(17)14-5-6-15(8)7-9-3-2-4-10(11(9)13)16(18)19/h2-4,8H,5-7H2,1H3,(H,14,17). The van der Waals surface area contributed by atoms with Crippen molar-refractivity contribution in [3.05, 3.63) is 38.3 Å². The Balaban J connectivity index is 2.21. The summed E-state index contributed by atoms with van der Waals surface area (Å²) in [6.45, 7) is 3.69. The summed E-state index contributed by atoms with van der Waals surface area (Å²) in [5.41, 5.74) is 0.863. The van der Waals surface area contributed by atoms with Crippen LogP contribution < -0.4 is 5.32 Å². The fourth-order valence-electron chi connectivity index (χ4n) is 2.09. The Morgan fingerprint density at radius 1 is 1.58 bits per heavy atom. The van der Waals surface area contributed by atoms with Crippen LogP contribution in [0.4, 0.5) is 5.69 Å². The molecule has 1 amide bonds. The van der Waals surface area contributed by atoms with Gasteiger partial charge in [0.1, 0.15) is 0 Å². The normalized spacial score (nSPS) is 20.1. The number of hydrogen-bond acceptors (Lipinski definition) is 4. The smallest absolute Gasteiger partial charge is 0.283 e. The van der Waals surface area contributed by atoms with E-state index >= 15 is 0 Å². The van der Waals surface area contributed by atoms with Crippen molar-refractivity contribution in [1.29, 1.82) is 0 Å². The van der Waals surface area contributed by atoms with Crippen LogP contribution in [0.2, 0.25) is 0 Å². The topological polar surface area (TPSA) is 75.5 Å². The molecular weight excluding hydrogens is 314 g/mol. The van der Waals surface area contributed by atoms with Gasteiger partial charge in [0.25, 0.3) is 5.69 Å². The first-order valence-corrected chi connectivity index (χ1v) is 6.73. The average Bonchev–Trinajstić information content (AvgIpc) is 2.37. The Kier molecular flexibility index (Phi) is 4.16. The predicted molar refractivity (Wildman–Crippen MR) is 73.7 cm³/mol. The number of carbonyl (C=O) groups is 1. The van der Waals surface area contributed by atoms with E-state index < -0.39 is 4.92 Å². The zero-order valence-electron chi connectivity index (χ0n) is 10.4. The summed E-state index contributed by atoms with van der Waals surface area (Å²) in [7, 11) is 0. The van der Waals surface area contributed by atoms with Crippen LogP contribution in [-0.4, -0.2) is 34.9 Å². The van der Waals surface area contributed by atoms with Gasteiger partial charge in [-0.2, -0.15) is 0 Å². The van der Waals surface area contributed by atoms with Gasteiger partial charge in [-0.1, -0.05) is 12.1 Å². The number of nitro groups is 1. The van der Waals surface area contributed by atoms with Crippen LogP contribution in [0.5, 0.6) is 0 Å². The molecule has 1 fully saturated rings. The van der Waals surface area contributed by atoms with Crippen molar-refractivity contribution in [1.82, 2.24) is 10.2 Å². The van der Waals surface area contributed by atoms with E-state index in [2.05, 4.69) is 21.2 Å². The number of carbonyl (C=O) groups excluding carboxylic acids is 1. The van der Waals surface area contributed by atoms with Crippen LogP contribution in [0.3, 0.4) is 0 Å². The molecule has 7 heteroatoms. The van der Waals surface area contributed by atoms with E-state index in [0.29, 0.717) is 17.6 Å². The van der Waals surface area contributed by atoms with Gasteiger partial charge < -0.3 is 5.32 Å². The first kappa shape index (κ1) is 14.0. The molecule has 0 radical (unpaired) electrons. The van der Waals surface area contributed by atoms with Crippen LogP contribution in [0.1, 0.15) is 12.5 Å². The lowest BCUT2D eigenvalue weighted by Crippen LogP contribution is -2.53. The van der Waals surface area contributed by atoms with Crippen molar-refractivity contribution in [3.63, 3.8) is 0 Å². The molecule has 0 aromatic heterocycles. The third kappa shape index (κ3) is 2.93. The van der Waals surface area contributed by atoms with E-state index in [1.807, 2.05) is 17.9 Å². The monoisotopic (exact) mass is 327 g/mol. The number of nitrogens with zero attached hydrogens (tertiary/aromatic N) is 2. The summed E-state index contributed by atoms with van der Waals surface area (Å²) >= 11 is 3.27. The van der Waals surface area contributed by atoms with E-state index in [1.165, 1.54) is 6.07 Å². The molecule has 1 aliphatic heterocycles. The molecule has 1 aromatic carbocycles. The maximum absolute atomic E-state index is 11.6.